The zero-order valence-corrected chi connectivity index (χ0v) is 24.2. The van der Waals surface area contributed by atoms with Gasteiger partial charge in [-0.1, -0.05) is 118 Å². The molecular formula is C35H34BNOS. The first kappa shape index (κ1) is 25.8. The van der Waals surface area contributed by atoms with Crippen LogP contribution in [0.25, 0.3) is 0 Å². The first-order valence-electron chi connectivity index (χ1n) is 13.8. The van der Waals surface area contributed by atoms with Crippen LogP contribution in [0, 0.1) is 22.2 Å². The number of hydrogen-bond acceptors (Lipinski definition) is 3. The standard InChI is InChI=1S/C35H34BNOS/c1-33(2)22-36(23-34(33,3)4)26-16-18-32-29(20-26)35(25-11-7-6-8-12-25,27-13-9-10-14-30(27)38-5)28-19-24(21-37)15-17-31(28)39-32/h6-20H,22-23H2,1-5H3. The van der Waals surface area contributed by atoms with Gasteiger partial charge in [0.25, 0.3) is 0 Å². The maximum Gasteiger partial charge on any atom is 0.176 e. The number of rotatable bonds is 4. The van der Waals surface area contributed by atoms with Gasteiger partial charge < -0.3 is 4.74 Å². The highest BCUT2D eigenvalue weighted by atomic mass is 32.2. The summed E-state index contributed by atoms with van der Waals surface area (Å²) in [5.74, 6) is 0.848. The molecule has 4 aromatic carbocycles. The Morgan fingerprint density at radius 2 is 1.36 bits per heavy atom. The van der Waals surface area contributed by atoms with Gasteiger partial charge in [-0.05, 0) is 57.9 Å². The summed E-state index contributed by atoms with van der Waals surface area (Å²) >= 11 is 1.81. The van der Waals surface area contributed by atoms with Gasteiger partial charge in [-0.15, -0.1) is 0 Å². The topological polar surface area (TPSA) is 33.0 Å². The summed E-state index contributed by atoms with van der Waals surface area (Å²) in [6.07, 6.45) is 2.35. The van der Waals surface area contributed by atoms with Gasteiger partial charge in [-0.3, -0.25) is 0 Å². The number of benzene rings is 4. The number of methoxy groups -OCH3 is 1. The molecule has 2 aliphatic rings. The van der Waals surface area contributed by atoms with E-state index in [9.17, 15) is 5.26 Å². The van der Waals surface area contributed by atoms with Crippen molar-refractivity contribution in [3.63, 3.8) is 0 Å². The van der Waals surface area contributed by atoms with Crippen molar-refractivity contribution in [3.8, 4) is 11.8 Å². The quantitative estimate of drug-likeness (QED) is 0.221. The predicted octanol–water partition coefficient (Wildman–Crippen LogP) is 8.18. The molecule has 0 radical (unpaired) electrons. The van der Waals surface area contributed by atoms with Crippen molar-refractivity contribution in [2.24, 2.45) is 10.8 Å². The fraction of sp³-hybridized carbons (Fsp3) is 0.286. The van der Waals surface area contributed by atoms with E-state index in [0.717, 1.165) is 16.9 Å². The van der Waals surface area contributed by atoms with Gasteiger partial charge in [0.2, 0.25) is 0 Å². The zero-order valence-electron chi connectivity index (χ0n) is 23.4. The molecule has 2 heterocycles. The molecule has 0 aliphatic carbocycles. The number of nitrogens with zero attached hydrogens (tertiary/aromatic N) is 1. The number of para-hydroxylation sites is 1. The minimum Gasteiger partial charge on any atom is -0.496 e. The Balaban J connectivity index is 1.70. The van der Waals surface area contributed by atoms with Gasteiger partial charge in [0.15, 0.2) is 6.71 Å². The first-order valence-corrected chi connectivity index (χ1v) is 14.6. The number of nitriles is 1. The average molecular weight is 528 g/mol. The Kier molecular flexibility index (Phi) is 6.20. The summed E-state index contributed by atoms with van der Waals surface area (Å²) in [6, 6.07) is 34.9. The van der Waals surface area contributed by atoms with Crippen LogP contribution in [0.1, 0.15) is 55.5 Å². The third kappa shape index (κ3) is 3.94. The van der Waals surface area contributed by atoms with Crippen LogP contribution in [0.2, 0.25) is 12.6 Å². The molecule has 0 amide bonds. The van der Waals surface area contributed by atoms with Crippen molar-refractivity contribution in [1.29, 1.82) is 5.26 Å². The van der Waals surface area contributed by atoms with Crippen molar-refractivity contribution >= 4 is 23.9 Å². The molecule has 2 nitrogen and oxygen atoms in total. The van der Waals surface area contributed by atoms with Gasteiger partial charge in [-0.2, -0.15) is 5.26 Å². The number of fused-ring (bicyclic) bond motifs is 2. The van der Waals surface area contributed by atoms with E-state index in [-0.39, 0.29) is 10.8 Å². The van der Waals surface area contributed by atoms with Crippen molar-refractivity contribution in [2.45, 2.75) is 55.5 Å². The van der Waals surface area contributed by atoms with Gasteiger partial charge >= 0.3 is 0 Å². The fourth-order valence-electron chi connectivity index (χ4n) is 6.92. The summed E-state index contributed by atoms with van der Waals surface area (Å²) < 4.78 is 6.04. The molecule has 0 N–H and O–H groups in total. The summed E-state index contributed by atoms with van der Waals surface area (Å²) in [5, 5.41) is 9.95. The lowest BCUT2D eigenvalue weighted by Crippen LogP contribution is -2.37. The SMILES string of the molecule is COc1ccccc1C1(c2ccccc2)c2cc(C#N)ccc2Sc2ccc(B3CC(C)(C)C(C)(C)C3)cc21. The molecule has 39 heavy (non-hydrogen) atoms. The van der Waals surface area contributed by atoms with Crippen LogP contribution in [-0.4, -0.2) is 13.8 Å². The third-order valence-electron chi connectivity index (χ3n) is 9.67. The van der Waals surface area contributed by atoms with Crippen molar-refractivity contribution in [2.75, 3.05) is 7.11 Å². The van der Waals surface area contributed by atoms with E-state index in [1.165, 1.54) is 39.0 Å². The highest BCUT2D eigenvalue weighted by Crippen LogP contribution is 2.58. The fourth-order valence-corrected chi connectivity index (χ4v) is 8.07. The van der Waals surface area contributed by atoms with Crippen LogP contribution in [0.3, 0.4) is 0 Å². The molecule has 1 saturated heterocycles. The normalized spacial score (nSPS) is 20.6. The maximum absolute atomic E-state index is 9.95. The molecule has 0 saturated carbocycles. The Morgan fingerprint density at radius 3 is 2.03 bits per heavy atom. The van der Waals surface area contributed by atoms with E-state index in [4.69, 9.17) is 4.74 Å². The van der Waals surface area contributed by atoms with Crippen molar-refractivity contribution < 1.29 is 4.74 Å². The minimum atomic E-state index is -0.629. The Labute approximate surface area is 237 Å². The second kappa shape index (κ2) is 9.35. The van der Waals surface area contributed by atoms with Crippen molar-refractivity contribution in [3.05, 3.63) is 119 Å². The highest BCUT2D eigenvalue weighted by Gasteiger charge is 2.50. The minimum absolute atomic E-state index is 0.274. The molecule has 194 valence electrons. The van der Waals surface area contributed by atoms with E-state index in [2.05, 4.69) is 113 Å². The van der Waals surface area contributed by atoms with Gasteiger partial charge in [0.1, 0.15) is 5.75 Å². The Hall–Kier alpha value is -3.42. The molecule has 6 rings (SSSR count). The van der Waals surface area contributed by atoms with Crippen LogP contribution in [0.5, 0.6) is 5.75 Å². The zero-order chi connectivity index (χ0) is 27.4. The summed E-state index contributed by atoms with van der Waals surface area (Å²) in [6.45, 7) is 10.2. The van der Waals surface area contributed by atoms with Crippen LogP contribution >= 0.6 is 11.8 Å². The van der Waals surface area contributed by atoms with E-state index in [1.807, 2.05) is 23.9 Å². The number of ether oxygens (including phenoxy) is 1. The van der Waals surface area contributed by atoms with E-state index in [0.29, 0.717) is 12.3 Å². The van der Waals surface area contributed by atoms with Crippen LogP contribution in [0.4, 0.5) is 0 Å². The van der Waals surface area contributed by atoms with E-state index in [1.54, 1.807) is 7.11 Å². The lowest BCUT2D eigenvalue weighted by Gasteiger charge is -2.42. The molecule has 4 aromatic rings. The lowest BCUT2D eigenvalue weighted by atomic mass is 9.42. The molecular weight excluding hydrogens is 493 g/mol. The van der Waals surface area contributed by atoms with Crippen LogP contribution in [0.15, 0.2) is 101 Å². The van der Waals surface area contributed by atoms with Crippen LogP contribution in [-0.2, 0) is 5.41 Å². The average Bonchev–Trinajstić information content (AvgIpc) is 3.18. The smallest absolute Gasteiger partial charge is 0.176 e. The second-order valence-electron chi connectivity index (χ2n) is 12.4. The largest absolute Gasteiger partial charge is 0.496 e. The molecule has 1 fully saturated rings. The number of hydrogen-bond donors (Lipinski definition) is 0. The van der Waals surface area contributed by atoms with E-state index >= 15 is 0 Å². The molecule has 1 unspecified atom stereocenters. The molecule has 0 bridgehead atoms. The molecule has 0 spiro atoms. The molecule has 1 atom stereocenters. The first-order chi connectivity index (χ1) is 18.7. The van der Waals surface area contributed by atoms with Crippen LogP contribution < -0.4 is 10.2 Å². The molecule has 0 aromatic heterocycles. The summed E-state index contributed by atoms with van der Waals surface area (Å²) in [7, 11) is 1.75. The molecule has 4 heteroatoms. The van der Waals surface area contributed by atoms with Crippen molar-refractivity contribution in [1.82, 2.24) is 0 Å². The Bertz CT molecular complexity index is 1590. The predicted molar refractivity (Wildman–Crippen MR) is 163 cm³/mol. The monoisotopic (exact) mass is 527 g/mol. The third-order valence-corrected chi connectivity index (χ3v) is 10.8. The highest BCUT2D eigenvalue weighted by molar-refractivity contribution is 7.99. The van der Waals surface area contributed by atoms with Gasteiger partial charge in [-0.25, -0.2) is 0 Å². The summed E-state index contributed by atoms with van der Waals surface area (Å²) in [4.78, 5) is 2.43. The Morgan fingerprint density at radius 1 is 0.744 bits per heavy atom. The molecule has 2 aliphatic heterocycles. The van der Waals surface area contributed by atoms with E-state index < -0.39 is 5.41 Å². The maximum atomic E-state index is 9.95. The summed E-state index contributed by atoms with van der Waals surface area (Å²) in [5.41, 5.74) is 6.68. The van der Waals surface area contributed by atoms with Gasteiger partial charge in [0, 0.05) is 15.4 Å². The lowest BCUT2D eigenvalue weighted by molar-refractivity contribution is 0.177. The second-order valence-corrected chi connectivity index (χ2v) is 13.5. The van der Waals surface area contributed by atoms with Gasteiger partial charge in [0.05, 0.1) is 24.2 Å².